The number of ether oxygens (including phenoxy) is 1. The van der Waals surface area contributed by atoms with Crippen LogP contribution < -0.4 is 10.1 Å². The number of aromatic amines is 1. The molecule has 146 valence electrons. The lowest BCUT2D eigenvalue weighted by molar-refractivity contribution is -0.113. The van der Waals surface area contributed by atoms with Crippen LogP contribution in [-0.2, 0) is 4.79 Å². The van der Waals surface area contributed by atoms with E-state index in [0.717, 1.165) is 27.4 Å². The van der Waals surface area contributed by atoms with Crippen molar-refractivity contribution in [1.82, 2.24) is 15.0 Å². The first-order chi connectivity index (χ1) is 14.2. The second kappa shape index (κ2) is 8.79. The van der Waals surface area contributed by atoms with Crippen molar-refractivity contribution in [3.8, 4) is 17.1 Å². The number of benzene rings is 2. The van der Waals surface area contributed by atoms with Gasteiger partial charge in [-0.05, 0) is 43.3 Å². The maximum absolute atomic E-state index is 12.5. The number of amides is 1. The highest BCUT2D eigenvalue weighted by molar-refractivity contribution is 8.00. The van der Waals surface area contributed by atoms with Crippen LogP contribution in [-0.4, -0.2) is 33.2 Å². The van der Waals surface area contributed by atoms with Gasteiger partial charge >= 0.3 is 0 Å². The molecule has 0 aliphatic heterocycles. The Morgan fingerprint density at radius 2 is 1.93 bits per heavy atom. The van der Waals surface area contributed by atoms with E-state index in [-0.39, 0.29) is 11.7 Å². The molecule has 6 nitrogen and oxygen atoms in total. The first-order valence-corrected chi connectivity index (χ1v) is 10.3. The normalized spacial score (nSPS) is 10.8. The maximum atomic E-state index is 12.5. The summed E-state index contributed by atoms with van der Waals surface area (Å²) in [6, 6.07) is 19.1. The zero-order valence-corrected chi connectivity index (χ0v) is 16.7. The molecule has 7 heteroatoms. The number of hydrogen-bond donors (Lipinski definition) is 2. The van der Waals surface area contributed by atoms with Gasteiger partial charge in [-0.15, -0.1) is 0 Å². The summed E-state index contributed by atoms with van der Waals surface area (Å²) in [5.74, 6) is 1.51. The van der Waals surface area contributed by atoms with Gasteiger partial charge in [0, 0.05) is 11.8 Å². The van der Waals surface area contributed by atoms with Crippen molar-refractivity contribution in [2.24, 2.45) is 0 Å². The van der Waals surface area contributed by atoms with Gasteiger partial charge < -0.3 is 15.0 Å². The minimum Gasteiger partial charge on any atom is -0.492 e. The monoisotopic (exact) mass is 404 g/mol. The molecule has 0 unspecified atom stereocenters. The summed E-state index contributed by atoms with van der Waals surface area (Å²) in [6.45, 7) is 2.45. The summed E-state index contributed by atoms with van der Waals surface area (Å²) in [6.07, 6.45) is 1.72. The molecule has 0 bridgehead atoms. The maximum Gasteiger partial charge on any atom is 0.234 e. The van der Waals surface area contributed by atoms with Gasteiger partial charge in [-0.1, -0.05) is 36.0 Å². The molecule has 4 rings (SSSR count). The van der Waals surface area contributed by atoms with Crippen molar-refractivity contribution in [1.29, 1.82) is 0 Å². The van der Waals surface area contributed by atoms with E-state index < -0.39 is 0 Å². The van der Waals surface area contributed by atoms with Crippen molar-refractivity contribution in [3.63, 3.8) is 0 Å². The number of carbonyl (C=O) groups is 1. The fourth-order valence-electron chi connectivity index (χ4n) is 2.94. The molecule has 2 N–H and O–H groups in total. The first kappa shape index (κ1) is 19.0. The van der Waals surface area contributed by atoms with E-state index in [9.17, 15) is 4.79 Å². The summed E-state index contributed by atoms with van der Waals surface area (Å²) in [7, 11) is 0. The van der Waals surface area contributed by atoms with Crippen LogP contribution in [0.15, 0.2) is 71.9 Å². The van der Waals surface area contributed by atoms with Crippen molar-refractivity contribution >= 4 is 34.4 Å². The number of hydrogen-bond acceptors (Lipinski definition) is 5. The molecule has 0 aliphatic carbocycles. The molecule has 0 saturated carbocycles. The number of pyridine rings is 1. The average molecular weight is 404 g/mol. The molecule has 1 amide bonds. The van der Waals surface area contributed by atoms with Crippen LogP contribution in [0.3, 0.4) is 0 Å². The molecule has 0 aliphatic rings. The quantitative estimate of drug-likeness (QED) is 0.434. The number of nitrogens with one attached hydrogen (secondary N) is 2. The summed E-state index contributed by atoms with van der Waals surface area (Å²) in [5, 5.41) is 3.66. The number of anilines is 1. The van der Waals surface area contributed by atoms with E-state index in [1.807, 2.05) is 67.6 Å². The Labute approximate surface area is 172 Å². The second-order valence-corrected chi connectivity index (χ2v) is 7.19. The van der Waals surface area contributed by atoms with Crippen LogP contribution in [0, 0.1) is 0 Å². The second-order valence-electron chi connectivity index (χ2n) is 6.22. The lowest BCUT2D eigenvalue weighted by Gasteiger charge is -2.11. The molecule has 4 aromatic rings. The van der Waals surface area contributed by atoms with E-state index in [0.29, 0.717) is 18.0 Å². The van der Waals surface area contributed by atoms with E-state index in [1.54, 1.807) is 6.20 Å². The number of rotatable bonds is 7. The van der Waals surface area contributed by atoms with Gasteiger partial charge in [-0.3, -0.25) is 4.79 Å². The predicted octanol–water partition coefficient (Wildman–Crippen LogP) is 4.75. The Bertz CT molecular complexity index is 1110. The Kier molecular flexibility index (Phi) is 5.76. The lowest BCUT2D eigenvalue weighted by atomic mass is 10.3. The smallest absolute Gasteiger partial charge is 0.234 e. The molecule has 0 radical (unpaired) electrons. The van der Waals surface area contributed by atoms with Crippen LogP contribution in [0.25, 0.3) is 22.4 Å². The largest absolute Gasteiger partial charge is 0.492 e. The number of carbonyl (C=O) groups excluding carboxylic acids is 1. The zero-order chi connectivity index (χ0) is 20.1. The zero-order valence-electron chi connectivity index (χ0n) is 15.9. The topological polar surface area (TPSA) is 79.9 Å². The van der Waals surface area contributed by atoms with Gasteiger partial charge in [0.2, 0.25) is 5.91 Å². The molecular weight excluding hydrogens is 384 g/mol. The Hall–Kier alpha value is -3.32. The minimum atomic E-state index is -0.122. The van der Waals surface area contributed by atoms with Crippen molar-refractivity contribution in [3.05, 3.63) is 66.9 Å². The number of fused-ring (bicyclic) bond motifs is 1. The Morgan fingerprint density at radius 1 is 1.10 bits per heavy atom. The van der Waals surface area contributed by atoms with Crippen LogP contribution in [0.4, 0.5) is 5.69 Å². The van der Waals surface area contributed by atoms with E-state index in [4.69, 9.17) is 4.74 Å². The average Bonchev–Trinajstić information content (AvgIpc) is 3.18. The van der Waals surface area contributed by atoms with Gasteiger partial charge in [-0.25, -0.2) is 9.97 Å². The number of H-pyrrole nitrogens is 1. The van der Waals surface area contributed by atoms with Gasteiger partial charge in [0.05, 0.1) is 29.1 Å². The van der Waals surface area contributed by atoms with E-state index >= 15 is 0 Å². The fourth-order valence-corrected chi connectivity index (χ4v) is 3.73. The number of thioether (sulfide) groups is 1. The highest BCUT2D eigenvalue weighted by Crippen LogP contribution is 2.30. The van der Waals surface area contributed by atoms with Crippen molar-refractivity contribution in [2.45, 2.75) is 11.9 Å². The van der Waals surface area contributed by atoms with Crippen LogP contribution in [0.5, 0.6) is 5.75 Å². The molecule has 29 heavy (non-hydrogen) atoms. The third-order valence-corrected chi connectivity index (χ3v) is 5.22. The highest BCUT2D eigenvalue weighted by Gasteiger charge is 2.14. The third-order valence-electron chi connectivity index (χ3n) is 4.22. The molecule has 0 atom stereocenters. The van der Waals surface area contributed by atoms with Crippen molar-refractivity contribution < 1.29 is 9.53 Å². The van der Waals surface area contributed by atoms with Gasteiger partial charge in [-0.2, -0.15) is 0 Å². The summed E-state index contributed by atoms with van der Waals surface area (Å²) >= 11 is 1.37. The van der Waals surface area contributed by atoms with E-state index in [2.05, 4.69) is 20.3 Å². The molecule has 0 spiro atoms. The van der Waals surface area contributed by atoms with Crippen LogP contribution in [0.2, 0.25) is 0 Å². The molecule has 2 aromatic carbocycles. The standard InChI is InChI=1S/C22H20N4O2S/c1-2-28-19-12-6-5-11-18(19)24-20(27)14-29-22-15(8-7-13-23-22)21-25-16-9-3-4-10-17(16)26-21/h3-13H,2,14H2,1H3,(H,24,27)(H,25,26). The predicted molar refractivity (Wildman–Crippen MR) is 116 cm³/mol. The van der Waals surface area contributed by atoms with Gasteiger partial charge in [0.15, 0.2) is 0 Å². The third kappa shape index (κ3) is 4.41. The van der Waals surface area contributed by atoms with Gasteiger partial charge in [0.1, 0.15) is 16.6 Å². The SMILES string of the molecule is CCOc1ccccc1NC(=O)CSc1ncccc1-c1nc2ccccc2[nH]1. The minimum absolute atomic E-state index is 0.122. The van der Waals surface area contributed by atoms with Crippen molar-refractivity contribution in [2.75, 3.05) is 17.7 Å². The van der Waals surface area contributed by atoms with Crippen LogP contribution in [0.1, 0.15) is 6.92 Å². The molecular formula is C22H20N4O2S. The van der Waals surface area contributed by atoms with Gasteiger partial charge in [0.25, 0.3) is 0 Å². The number of nitrogens with zero attached hydrogens (tertiary/aromatic N) is 2. The summed E-state index contributed by atoms with van der Waals surface area (Å²) in [4.78, 5) is 24.9. The Morgan fingerprint density at radius 3 is 2.79 bits per heavy atom. The summed E-state index contributed by atoms with van der Waals surface area (Å²) < 4.78 is 5.56. The highest BCUT2D eigenvalue weighted by atomic mass is 32.2. The fraction of sp³-hybridized carbons (Fsp3) is 0.136. The number of imidazole rings is 1. The summed E-state index contributed by atoms with van der Waals surface area (Å²) in [5.41, 5.74) is 3.40. The van der Waals surface area contributed by atoms with Crippen LogP contribution >= 0.6 is 11.8 Å². The Balaban J connectivity index is 1.49. The molecule has 2 heterocycles. The number of para-hydroxylation sites is 4. The molecule has 0 fully saturated rings. The molecule has 0 saturated heterocycles. The number of aromatic nitrogens is 3. The van der Waals surface area contributed by atoms with E-state index in [1.165, 1.54) is 11.8 Å². The first-order valence-electron chi connectivity index (χ1n) is 9.29. The molecule has 2 aromatic heterocycles. The lowest BCUT2D eigenvalue weighted by Crippen LogP contribution is -2.15.